The summed E-state index contributed by atoms with van der Waals surface area (Å²) in [7, 11) is 0. The van der Waals surface area contributed by atoms with Gasteiger partial charge in [-0.15, -0.1) is 0 Å². The number of likely N-dealkylation sites (tertiary alicyclic amines) is 1. The van der Waals surface area contributed by atoms with Crippen molar-refractivity contribution in [3.05, 3.63) is 46.8 Å². The topological polar surface area (TPSA) is 85.1 Å². The summed E-state index contributed by atoms with van der Waals surface area (Å²) in [4.78, 5) is 29.3. The smallest absolute Gasteiger partial charge is 0.253 e. The number of aromatic nitrogens is 1. The summed E-state index contributed by atoms with van der Waals surface area (Å²) in [6.45, 7) is 7.88. The van der Waals surface area contributed by atoms with Crippen molar-refractivity contribution in [3.63, 3.8) is 0 Å². The number of nitrogens with zero attached hydrogens (tertiary/aromatic N) is 3. The fourth-order valence-corrected chi connectivity index (χ4v) is 4.11. The first-order chi connectivity index (χ1) is 15.0. The molecule has 1 aromatic carbocycles. The summed E-state index contributed by atoms with van der Waals surface area (Å²) in [5, 5.41) is 3.93. The average Bonchev–Trinajstić information content (AvgIpc) is 3.15. The monoisotopic (exact) mass is 427 g/mol. The van der Waals surface area contributed by atoms with Crippen LogP contribution in [0.1, 0.15) is 40.2 Å². The average molecular weight is 428 g/mol. The Hall–Kier alpha value is -2.87. The van der Waals surface area contributed by atoms with Crippen molar-refractivity contribution in [2.45, 2.75) is 33.3 Å². The van der Waals surface area contributed by atoms with Crippen molar-refractivity contribution in [2.75, 3.05) is 39.4 Å². The third-order valence-corrected chi connectivity index (χ3v) is 6.12. The molecule has 31 heavy (non-hydrogen) atoms. The van der Waals surface area contributed by atoms with Crippen molar-refractivity contribution in [1.29, 1.82) is 0 Å². The van der Waals surface area contributed by atoms with E-state index in [0.29, 0.717) is 70.2 Å². The SMILES string of the molecule is Cc1noc(C)c1COc1ccc(C(=O)N2CCC(C(=O)N3CCOCC3)CC2)cc1. The number of rotatable bonds is 5. The van der Waals surface area contributed by atoms with Gasteiger partial charge in [-0.2, -0.15) is 0 Å². The molecule has 1 aromatic heterocycles. The lowest BCUT2D eigenvalue weighted by Crippen LogP contribution is -2.47. The van der Waals surface area contributed by atoms with E-state index >= 15 is 0 Å². The van der Waals surface area contributed by atoms with E-state index in [9.17, 15) is 9.59 Å². The van der Waals surface area contributed by atoms with E-state index < -0.39 is 0 Å². The molecule has 8 heteroatoms. The van der Waals surface area contributed by atoms with E-state index in [-0.39, 0.29) is 17.7 Å². The Morgan fingerprint density at radius 2 is 1.71 bits per heavy atom. The maximum Gasteiger partial charge on any atom is 0.253 e. The van der Waals surface area contributed by atoms with Gasteiger partial charge in [0.2, 0.25) is 5.91 Å². The maximum atomic E-state index is 12.9. The number of hydrogen-bond acceptors (Lipinski definition) is 6. The van der Waals surface area contributed by atoms with Crippen LogP contribution in [0.5, 0.6) is 5.75 Å². The molecule has 0 saturated carbocycles. The Morgan fingerprint density at radius 3 is 2.32 bits per heavy atom. The molecule has 3 heterocycles. The quantitative estimate of drug-likeness (QED) is 0.729. The molecule has 2 fully saturated rings. The van der Waals surface area contributed by atoms with Crippen molar-refractivity contribution in [1.82, 2.24) is 15.0 Å². The Kier molecular flexibility index (Phi) is 6.56. The first kappa shape index (κ1) is 21.4. The van der Waals surface area contributed by atoms with Crippen LogP contribution in [0.2, 0.25) is 0 Å². The molecule has 2 amide bonds. The molecule has 0 radical (unpaired) electrons. The van der Waals surface area contributed by atoms with Gasteiger partial charge in [-0.3, -0.25) is 9.59 Å². The molecular weight excluding hydrogens is 398 g/mol. The Morgan fingerprint density at radius 1 is 1.03 bits per heavy atom. The highest BCUT2D eigenvalue weighted by molar-refractivity contribution is 5.94. The zero-order chi connectivity index (χ0) is 21.8. The summed E-state index contributed by atoms with van der Waals surface area (Å²) >= 11 is 0. The summed E-state index contributed by atoms with van der Waals surface area (Å²) in [6, 6.07) is 7.19. The summed E-state index contributed by atoms with van der Waals surface area (Å²) in [5.41, 5.74) is 2.39. The van der Waals surface area contributed by atoms with Crippen LogP contribution < -0.4 is 4.74 Å². The summed E-state index contributed by atoms with van der Waals surface area (Å²) in [6.07, 6.45) is 1.42. The number of carbonyl (C=O) groups is 2. The highest BCUT2D eigenvalue weighted by Crippen LogP contribution is 2.23. The van der Waals surface area contributed by atoms with Crippen molar-refractivity contribution < 1.29 is 23.6 Å². The standard InChI is InChI=1S/C23H29N3O5/c1-16-21(17(2)31-24-16)15-30-20-5-3-18(4-6-20)22(27)25-9-7-19(8-10-25)23(28)26-11-13-29-14-12-26/h3-6,19H,7-15H2,1-2H3. The second-order valence-corrected chi connectivity index (χ2v) is 8.12. The third-order valence-electron chi connectivity index (χ3n) is 6.12. The molecule has 2 aliphatic heterocycles. The number of benzene rings is 1. The highest BCUT2D eigenvalue weighted by atomic mass is 16.5. The van der Waals surface area contributed by atoms with Gasteiger partial charge in [0.1, 0.15) is 18.1 Å². The van der Waals surface area contributed by atoms with Gasteiger partial charge in [-0.05, 0) is 51.0 Å². The fourth-order valence-electron chi connectivity index (χ4n) is 4.11. The van der Waals surface area contributed by atoms with Crippen LogP contribution in [0.4, 0.5) is 0 Å². The van der Waals surface area contributed by atoms with E-state index in [4.69, 9.17) is 14.0 Å². The molecule has 0 unspecified atom stereocenters. The molecule has 2 aromatic rings. The molecule has 166 valence electrons. The lowest BCUT2D eigenvalue weighted by Gasteiger charge is -2.35. The van der Waals surface area contributed by atoms with Crippen LogP contribution >= 0.6 is 0 Å². The summed E-state index contributed by atoms with van der Waals surface area (Å²) in [5.74, 6) is 1.64. The second-order valence-electron chi connectivity index (χ2n) is 8.12. The minimum atomic E-state index is -0.00505. The predicted molar refractivity (Wildman–Crippen MR) is 113 cm³/mol. The number of morpholine rings is 1. The van der Waals surface area contributed by atoms with E-state index in [1.807, 2.05) is 23.6 Å². The second kappa shape index (κ2) is 9.51. The maximum absolute atomic E-state index is 12.9. The molecule has 8 nitrogen and oxygen atoms in total. The number of carbonyl (C=O) groups excluding carboxylic acids is 2. The minimum absolute atomic E-state index is 0.00208. The lowest BCUT2D eigenvalue weighted by molar-refractivity contribution is -0.141. The Bertz CT molecular complexity index is 890. The van der Waals surface area contributed by atoms with Crippen LogP contribution in [0, 0.1) is 19.8 Å². The number of amides is 2. The van der Waals surface area contributed by atoms with Gasteiger partial charge < -0.3 is 23.8 Å². The summed E-state index contributed by atoms with van der Waals surface area (Å²) < 4.78 is 16.3. The van der Waals surface area contributed by atoms with Crippen LogP contribution in [-0.2, 0) is 16.1 Å². The minimum Gasteiger partial charge on any atom is -0.489 e. The zero-order valence-corrected chi connectivity index (χ0v) is 18.1. The highest BCUT2D eigenvalue weighted by Gasteiger charge is 2.31. The third kappa shape index (κ3) is 4.90. The molecule has 0 atom stereocenters. The van der Waals surface area contributed by atoms with Crippen molar-refractivity contribution >= 4 is 11.8 Å². The van der Waals surface area contributed by atoms with Crippen LogP contribution in [0.25, 0.3) is 0 Å². The van der Waals surface area contributed by atoms with Gasteiger partial charge >= 0.3 is 0 Å². The molecule has 0 N–H and O–H groups in total. The predicted octanol–water partition coefficient (Wildman–Crippen LogP) is 2.58. The molecule has 2 aliphatic rings. The zero-order valence-electron chi connectivity index (χ0n) is 18.1. The largest absolute Gasteiger partial charge is 0.489 e. The number of hydrogen-bond donors (Lipinski definition) is 0. The normalized spacial score (nSPS) is 17.6. The van der Waals surface area contributed by atoms with E-state index in [2.05, 4.69) is 5.16 Å². The van der Waals surface area contributed by atoms with Crippen molar-refractivity contribution in [2.24, 2.45) is 5.92 Å². The molecule has 4 rings (SSSR count). The molecule has 0 bridgehead atoms. The van der Waals surface area contributed by atoms with Gasteiger partial charge in [0, 0.05) is 37.7 Å². The van der Waals surface area contributed by atoms with Gasteiger partial charge in [-0.25, -0.2) is 0 Å². The molecular formula is C23H29N3O5. The van der Waals surface area contributed by atoms with Crippen LogP contribution in [-0.4, -0.2) is 66.2 Å². The van der Waals surface area contributed by atoms with E-state index in [1.165, 1.54) is 0 Å². The molecule has 0 spiro atoms. The Labute approximate surface area is 182 Å². The van der Waals surface area contributed by atoms with Crippen molar-refractivity contribution in [3.8, 4) is 5.75 Å². The first-order valence-corrected chi connectivity index (χ1v) is 10.8. The number of aryl methyl sites for hydroxylation is 2. The van der Waals surface area contributed by atoms with Gasteiger partial charge in [0.25, 0.3) is 5.91 Å². The lowest BCUT2D eigenvalue weighted by atomic mass is 9.94. The fraction of sp³-hybridized carbons (Fsp3) is 0.522. The number of piperidine rings is 1. The van der Waals surface area contributed by atoms with Gasteiger partial charge in [0.05, 0.1) is 24.5 Å². The molecule has 2 saturated heterocycles. The first-order valence-electron chi connectivity index (χ1n) is 10.8. The van der Waals surface area contributed by atoms with E-state index in [0.717, 1.165) is 17.0 Å². The van der Waals surface area contributed by atoms with Gasteiger partial charge in [0.15, 0.2) is 0 Å². The van der Waals surface area contributed by atoms with Gasteiger partial charge in [-0.1, -0.05) is 5.16 Å². The van der Waals surface area contributed by atoms with Crippen LogP contribution in [0.15, 0.2) is 28.8 Å². The van der Waals surface area contributed by atoms with E-state index in [1.54, 1.807) is 24.3 Å². The van der Waals surface area contributed by atoms with Crippen LogP contribution in [0.3, 0.4) is 0 Å². The number of ether oxygens (including phenoxy) is 2. The molecule has 0 aliphatic carbocycles. The Balaban J connectivity index is 1.28.